The van der Waals surface area contributed by atoms with Crippen molar-refractivity contribution in [1.29, 1.82) is 0 Å². The normalized spacial score (nSPS) is 12.0. The van der Waals surface area contributed by atoms with E-state index in [1.165, 1.54) is 0 Å². The van der Waals surface area contributed by atoms with Gasteiger partial charge in [-0.25, -0.2) is 18.0 Å². The second-order valence-electron chi connectivity index (χ2n) is 9.89. The van der Waals surface area contributed by atoms with Gasteiger partial charge in [-0.15, -0.1) is 5.10 Å². The summed E-state index contributed by atoms with van der Waals surface area (Å²) in [6, 6.07) is 4.69. The van der Waals surface area contributed by atoms with Gasteiger partial charge >= 0.3 is 17.4 Å². The Bertz CT molecular complexity index is 1130. The number of benzene rings is 1. The summed E-state index contributed by atoms with van der Waals surface area (Å²) < 4.78 is 50.5. The van der Waals surface area contributed by atoms with Crippen LogP contribution in [0.2, 0.25) is 0 Å². The highest BCUT2D eigenvalue weighted by Crippen LogP contribution is 2.30. The van der Waals surface area contributed by atoms with Gasteiger partial charge in [0.25, 0.3) is 0 Å². The van der Waals surface area contributed by atoms with Crippen LogP contribution in [0.15, 0.2) is 27.8 Å². The smallest absolute Gasteiger partial charge is 0.407 e. The van der Waals surface area contributed by atoms with E-state index in [4.69, 9.17) is 23.4 Å². The number of alkyl carbamates (subject to hydrolysis) is 2. The average molecular weight is 543 g/mol. The number of carbonyl (C=O) groups is 2. The highest BCUT2D eigenvalue weighted by molar-refractivity contribution is 7.90. The molecule has 0 atom stereocenters. The summed E-state index contributed by atoms with van der Waals surface area (Å²) in [5.41, 5.74) is -0.910. The lowest BCUT2D eigenvalue weighted by molar-refractivity contribution is 0.0509. The lowest BCUT2D eigenvalue weighted by atomic mass is 10.2. The van der Waals surface area contributed by atoms with Crippen molar-refractivity contribution in [2.45, 2.75) is 58.0 Å². The molecule has 1 aromatic carbocycles. The molecule has 0 fully saturated rings. The second kappa shape index (κ2) is 12.1. The van der Waals surface area contributed by atoms with Crippen molar-refractivity contribution in [1.82, 2.24) is 20.8 Å². The quantitative estimate of drug-likeness (QED) is 0.423. The van der Waals surface area contributed by atoms with Crippen LogP contribution < -0.4 is 20.1 Å². The molecule has 2 amide bonds. The molecule has 14 heteroatoms. The summed E-state index contributed by atoms with van der Waals surface area (Å²) >= 11 is 0. The van der Waals surface area contributed by atoms with E-state index in [-0.39, 0.29) is 32.2 Å². The molecule has 0 aliphatic rings. The van der Waals surface area contributed by atoms with Gasteiger partial charge in [-0.2, -0.15) is 0 Å². The Morgan fingerprint density at radius 1 is 0.838 bits per heavy atom. The van der Waals surface area contributed by atoms with Crippen LogP contribution in [0.3, 0.4) is 0 Å². The van der Waals surface area contributed by atoms with Crippen LogP contribution in [0.25, 0.3) is 11.5 Å². The molecule has 0 unspecified atom stereocenters. The summed E-state index contributed by atoms with van der Waals surface area (Å²) in [4.78, 5) is 23.6. The Kier molecular flexibility index (Phi) is 9.73. The molecule has 0 radical (unpaired) electrons. The van der Waals surface area contributed by atoms with Crippen molar-refractivity contribution in [2.24, 2.45) is 0 Å². The minimum absolute atomic E-state index is 0.0607. The summed E-state index contributed by atoms with van der Waals surface area (Å²) in [7, 11) is -3.69. The SMILES string of the molecule is CC(C)(C)OC(=O)NCCOc1cc(OCCNC(=O)OC(C)(C)C)cc(-c2nnc(S(C)(=O)=O)o2)c1. The molecule has 1 aromatic heterocycles. The van der Waals surface area contributed by atoms with Crippen molar-refractivity contribution in [2.75, 3.05) is 32.6 Å². The third-order valence-electron chi connectivity index (χ3n) is 3.93. The maximum absolute atomic E-state index is 11.8. The van der Waals surface area contributed by atoms with Gasteiger partial charge in [0, 0.05) is 17.9 Å². The number of hydrogen-bond donors (Lipinski definition) is 2. The first-order chi connectivity index (χ1) is 17.0. The van der Waals surface area contributed by atoms with E-state index in [0.29, 0.717) is 17.1 Å². The van der Waals surface area contributed by atoms with Gasteiger partial charge in [-0.05, 0) is 53.7 Å². The maximum atomic E-state index is 11.8. The predicted octanol–water partition coefficient (Wildman–Crippen LogP) is 2.95. The predicted molar refractivity (Wildman–Crippen MR) is 132 cm³/mol. The number of hydrogen-bond acceptors (Lipinski definition) is 11. The van der Waals surface area contributed by atoms with Crippen molar-refractivity contribution >= 4 is 22.0 Å². The number of nitrogens with one attached hydrogen (secondary N) is 2. The number of rotatable bonds is 10. The minimum atomic E-state index is -3.69. The Labute approximate surface area is 216 Å². The molecule has 0 saturated carbocycles. The number of amides is 2. The standard InChI is InChI=1S/C23H34N4O9S/c1-22(2,3)35-19(28)24-8-10-32-16-12-15(18-26-27-21(34-18)37(7,30)31)13-17(14-16)33-11-9-25-20(29)36-23(4,5)6/h12-14H,8-11H2,1-7H3,(H,24,28)(H,25,29). The zero-order valence-corrected chi connectivity index (χ0v) is 22.9. The van der Waals surface area contributed by atoms with E-state index >= 15 is 0 Å². The van der Waals surface area contributed by atoms with Crippen LogP contribution >= 0.6 is 0 Å². The Balaban J connectivity index is 2.08. The topological polar surface area (TPSA) is 168 Å². The van der Waals surface area contributed by atoms with Crippen molar-refractivity contribution in [3.05, 3.63) is 18.2 Å². The molecule has 2 aromatic rings. The summed E-state index contributed by atoms with van der Waals surface area (Å²) in [6.07, 6.45) is -0.204. The zero-order valence-electron chi connectivity index (χ0n) is 22.0. The fourth-order valence-corrected chi connectivity index (χ4v) is 3.03. The highest BCUT2D eigenvalue weighted by atomic mass is 32.2. The number of sulfone groups is 1. The molecular formula is C23H34N4O9S. The van der Waals surface area contributed by atoms with Crippen LogP contribution in [0.1, 0.15) is 41.5 Å². The van der Waals surface area contributed by atoms with E-state index in [1.807, 2.05) is 0 Å². The highest BCUT2D eigenvalue weighted by Gasteiger charge is 2.19. The average Bonchev–Trinajstić information content (AvgIpc) is 3.23. The molecule has 0 bridgehead atoms. The van der Waals surface area contributed by atoms with Crippen LogP contribution in [-0.2, 0) is 19.3 Å². The summed E-state index contributed by atoms with van der Waals surface area (Å²) in [5.74, 6) is 0.602. The van der Waals surface area contributed by atoms with Crippen molar-refractivity contribution in [3.8, 4) is 23.0 Å². The fraction of sp³-hybridized carbons (Fsp3) is 0.565. The first kappa shape index (κ1) is 29.7. The van der Waals surface area contributed by atoms with Crippen molar-refractivity contribution in [3.63, 3.8) is 0 Å². The molecule has 1 heterocycles. The molecular weight excluding hydrogens is 508 g/mol. The van der Waals surface area contributed by atoms with Gasteiger partial charge in [0.15, 0.2) is 0 Å². The van der Waals surface area contributed by atoms with Gasteiger partial charge in [-0.1, -0.05) is 5.10 Å². The molecule has 37 heavy (non-hydrogen) atoms. The monoisotopic (exact) mass is 542 g/mol. The molecule has 0 aliphatic heterocycles. The maximum Gasteiger partial charge on any atom is 0.407 e. The first-order valence-electron chi connectivity index (χ1n) is 11.4. The lowest BCUT2D eigenvalue weighted by Crippen LogP contribution is -2.34. The van der Waals surface area contributed by atoms with Gasteiger partial charge in [0.05, 0.1) is 13.1 Å². The Hall–Kier alpha value is -3.55. The fourth-order valence-electron chi connectivity index (χ4n) is 2.61. The number of carbonyl (C=O) groups excluding carboxylic acids is 2. The van der Waals surface area contributed by atoms with Gasteiger partial charge in [0.2, 0.25) is 15.7 Å². The van der Waals surface area contributed by atoms with Crippen molar-refractivity contribution < 1.29 is 41.4 Å². The van der Waals surface area contributed by atoms with Crippen LogP contribution in [0.5, 0.6) is 11.5 Å². The molecule has 2 N–H and O–H groups in total. The van der Waals surface area contributed by atoms with Crippen LogP contribution in [0, 0.1) is 0 Å². The van der Waals surface area contributed by atoms with E-state index in [1.54, 1.807) is 59.7 Å². The largest absolute Gasteiger partial charge is 0.492 e. The zero-order chi connectivity index (χ0) is 27.9. The minimum Gasteiger partial charge on any atom is -0.492 e. The van der Waals surface area contributed by atoms with Gasteiger partial charge in [-0.3, -0.25) is 0 Å². The summed E-state index contributed by atoms with van der Waals surface area (Å²) in [6.45, 7) is 11.1. The molecule has 13 nitrogen and oxygen atoms in total. The van der Waals surface area contributed by atoms with E-state index in [0.717, 1.165) is 6.26 Å². The summed E-state index contributed by atoms with van der Waals surface area (Å²) in [5, 5.41) is 12.0. The Morgan fingerprint density at radius 3 is 1.68 bits per heavy atom. The molecule has 206 valence electrons. The molecule has 2 rings (SSSR count). The lowest BCUT2D eigenvalue weighted by Gasteiger charge is -2.20. The molecule has 0 saturated heterocycles. The second-order valence-corrected chi connectivity index (χ2v) is 11.8. The van der Waals surface area contributed by atoms with Gasteiger partial charge in [0.1, 0.15) is 35.9 Å². The van der Waals surface area contributed by atoms with E-state index in [2.05, 4.69) is 20.8 Å². The molecule has 0 aliphatic carbocycles. The van der Waals surface area contributed by atoms with Gasteiger partial charge < -0.3 is 34.0 Å². The van der Waals surface area contributed by atoms with Crippen LogP contribution in [0.4, 0.5) is 9.59 Å². The molecule has 0 spiro atoms. The first-order valence-corrected chi connectivity index (χ1v) is 13.3. The van der Waals surface area contributed by atoms with E-state index < -0.39 is 38.4 Å². The number of nitrogens with zero attached hydrogens (tertiary/aromatic N) is 2. The third kappa shape index (κ3) is 11.4. The number of ether oxygens (including phenoxy) is 4. The van der Waals surface area contributed by atoms with E-state index in [9.17, 15) is 18.0 Å². The van der Waals surface area contributed by atoms with Crippen LogP contribution in [-0.4, -0.2) is 74.6 Å². The third-order valence-corrected chi connectivity index (χ3v) is 4.73. The number of aromatic nitrogens is 2. The Morgan fingerprint density at radius 2 is 1.30 bits per heavy atom.